The number of carbonyl (C=O) groups excluding carboxylic acids is 1. The van der Waals surface area contributed by atoms with Crippen molar-refractivity contribution in [2.24, 2.45) is 5.41 Å². The molecule has 1 saturated heterocycles. The van der Waals surface area contributed by atoms with Gasteiger partial charge in [0.2, 0.25) is 5.91 Å². The number of carbonyl (C=O) groups is 1. The van der Waals surface area contributed by atoms with Crippen LogP contribution in [-0.4, -0.2) is 43.7 Å². The smallest absolute Gasteiger partial charge is 0.262 e. The first kappa shape index (κ1) is 16.6. The predicted molar refractivity (Wildman–Crippen MR) is 69.7 cm³/mol. The molecule has 2 rings (SSSR count). The van der Waals surface area contributed by atoms with Crippen LogP contribution in [0.2, 0.25) is 0 Å². The summed E-state index contributed by atoms with van der Waals surface area (Å²) in [4.78, 5) is 11.9. The lowest BCUT2D eigenvalue weighted by Crippen LogP contribution is -2.63. The van der Waals surface area contributed by atoms with Gasteiger partial charge < -0.3 is 10.1 Å². The maximum Gasteiger partial charge on any atom is 0.262 e. The predicted octanol–water partition coefficient (Wildman–Crippen LogP) is 1.34. The largest absolute Gasteiger partial charge is 0.381 e. The highest BCUT2D eigenvalue weighted by Gasteiger charge is 2.50. The van der Waals surface area contributed by atoms with E-state index in [1.54, 1.807) is 7.11 Å². The molecule has 0 radical (unpaired) electrons. The highest BCUT2D eigenvalue weighted by molar-refractivity contribution is 5.85. The first-order valence-corrected chi connectivity index (χ1v) is 6.20. The Labute approximate surface area is 118 Å². The van der Waals surface area contributed by atoms with Crippen molar-refractivity contribution in [2.75, 3.05) is 13.7 Å². The van der Waals surface area contributed by atoms with Crippen LogP contribution in [-0.2, 0) is 9.53 Å². The molecule has 1 amide bonds. The van der Waals surface area contributed by atoms with Gasteiger partial charge >= 0.3 is 0 Å². The average Bonchev–Trinajstić information content (AvgIpc) is 2.64. The summed E-state index contributed by atoms with van der Waals surface area (Å²) in [5, 5.41) is 5.40. The van der Waals surface area contributed by atoms with E-state index >= 15 is 0 Å². The summed E-state index contributed by atoms with van der Waals surface area (Å²) in [6, 6.07) is -0.789. The van der Waals surface area contributed by atoms with Crippen LogP contribution in [0.5, 0.6) is 0 Å². The second kappa shape index (κ2) is 5.50. The van der Waals surface area contributed by atoms with Gasteiger partial charge in [0, 0.05) is 25.0 Å². The van der Waals surface area contributed by atoms with Gasteiger partial charge in [0.1, 0.15) is 0 Å². The average molecular weight is 299 g/mol. The molecule has 0 aromatic heterocycles. The molecule has 19 heavy (non-hydrogen) atoms. The molecule has 1 aliphatic carbocycles. The molecule has 1 saturated carbocycles. The van der Waals surface area contributed by atoms with Crippen molar-refractivity contribution in [3.05, 3.63) is 0 Å². The van der Waals surface area contributed by atoms with Gasteiger partial charge in [-0.15, -0.1) is 12.4 Å². The fourth-order valence-electron chi connectivity index (χ4n) is 2.70. The molecule has 1 heterocycles. The third kappa shape index (κ3) is 3.17. The molecule has 2 N–H and O–H groups in total. The quantitative estimate of drug-likeness (QED) is 0.826. The maximum atomic E-state index is 13.0. The Bertz CT molecular complexity index is 353. The lowest BCUT2D eigenvalue weighted by Gasteiger charge is -2.51. The molecule has 2 fully saturated rings. The van der Waals surface area contributed by atoms with Crippen molar-refractivity contribution in [3.63, 3.8) is 0 Å². The summed E-state index contributed by atoms with van der Waals surface area (Å²) in [7, 11) is 1.64. The molecular formula is C12H21ClF2N2O2. The molecule has 112 valence electrons. The zero-order valence-corrected chi connectivity index (χ0v) is 12.2. The van der Waals surface area contributed by atoms with Crippen LogP contribution >= 0.6 is 12.4 Å². The van der Waals surface area contributed by atoms with Crippen LogP contribution in [0.1, 0.15) is 26.7 Å². The Kier molecular flexibility index (Phi) is 4.80. The summed E-state index contributed by atoms with van der Waals surface area (Å²) in [5.74, 6) is -3.11. The summed E-state index contributed by atoms with van der Waals surface area (Å²) in [6.07, 6.45) is 0.429. The van der Waals surface area contributed by atoms with E-state index in [0.29, 0.717) is 0 Å². The molecule has 2 aliphatic rings. The van der Waals surface area contributed by atoms with E-state index < -0.39 is 24.9 Å². The van der Waals surface area contributed by atoms with Crippen LogP contribution in [0.3, 0.4) is 0 Å². The summed E-state index contributed by atoms with van der Waals surface area (Å²) in [6.45, 7) is 3.60. The highest BCUT2D eigenvalue weighted by atomic mass is 35.5. The summed E-state index contributed by atoms with van der Waals surface area (Å²) >= 11 is 0. The number of amides is 1. The number of nitrogens with one attached hydrogen (secondary N) is 2. The van der Waals surface area contributed by atoms with E-state index in [2.05, 4.69) is 10.6 Å². The molecule has 3 unspecified atom stereocenters. The van der Waals surface area contributed by atoms with E-state index in [1.165, 1.54) is 0 Å². The molecule has 0 aromatic rings. The van der Waals surface area contributed by atoms with Crippen molar-refractivity contribution in [1.82, 2.24) is 10.6 Å². The molecular weight excluding hydrogens is 278 g/mol. The zero-order chi connectivity index (χ0) is 13.6. The van der Waals surface area contributed by atoms with Gasteiger partial charge in [0.15, 0.2) is 0 Å². The van der Waals surface area contributed by atoms with E-state index in [0.717, 1.165) is 6.42 Å². The zero-order valence-electron chi connectivity index (χ0n) is 11.3. The highest BCUT2D eigenvalue weighted by Crippen LogP contribution is 2.42. The van der Waals surface area contributed by atoms with Gasteiger partial charge in [0.25, 0.3) is 5.92 Å². The number of hydrogen-bond acceptors (Lipinski definition) is 3. The SMILES string of the molecule is COC1CC(NC(=O)C2CC(F)(F)CN2)C1(C)C.Cl. The lowest BCUT2D eigenvalue weighted by molar-refractivity contribution is -0.134. The molecule has 0 spiro atoms. The van der Waals surface area contributed by atoms with Gasteiger partial charge in [-0.1, -0.05) is 13.8 Å². The Morgan fingerprint density at radius 2 is 2.05 bits per heavy atom. The van der Waals surface area contributed by atoms with Gasteiger partial charge in [-0.3, -0.25) is 10.1 Å². The minimum absolute atomic E-state index is 0. The van der Waals surface area contributed by atoms with Gasteiger partial charge in [-0.25, -0.2) is 8.78 Å². The van der Waals surface area contributed by atoms with Crippen molar-refractivity contribution in [3.8, 4) is 0 Å². The molecule has 1 aliphatic heterocycles. The topological polar surface area (TPSA) is 50.4 Å². The van der Waals surface area contributed by atoms with Crippen molar-refractivity contribution < 1.29 is 18.3 Å². The van der Waals surface area contributed by atoms with E-state index in [-0.39, 0.29) is 35.9 Å². The fraction of sp³-hybridized carbons (Fsp3) is 0.917. The number of hydrogen-bond donors (Lipinski definition) is 2. The Morgan fingerprint density at radius 1 is 1.42 bits per heavy atom. The first-order valence-electron chi connectivity index (χ1n) is 6.20. The normalized spacial score (nSPS) is 35.1. The minimum atomic E-state index is -2.77. The molecule has 0 aromatic carbocycles. The fourth-order valence-corrected chi connectivity index (χ4v) is 2.70. The third-order valence-corrected chi connectivity index (χ3v) is 4.21. The van der Waals surface area contributed by atoms with E-state index in [4.69, 9.17) is 4.74 Å². The van der Waals surface area contributed by atoms with Crippen molar-refractivity contribution in [1.29, 1.82) is 0 Å². The Balaban J connectivity index is 0.00000180. The standard InChI is InChI=1S/C12H20F2N2O2.ClH/c1-11(2)8(4-9(11)18-3)16-10(17)7-5-12(13,14)6-15-7;/h7-9,15H,4-6H2,1-3H3,(H,16,17);1H. The lowest BCUT2D eigenvalue weighted by atomic mass is 9.64. The van der Waals surface area contributed by atoms with Crippen LogP contribution in [0.4, 0.5) is 8.78 Å². The van der Waals surface area contributed by atoms with E-state index in [9.17, 15) is 13.6 Å². The molecule has 4 nitrogen and oxygen atoms in total. The number of alkyl halides is 2. The number of methoxy groups -OCH3 is 1. The van der Waals surface area contributed by atoms with Crippen molar-refractivity contribution >= 4 is 18.3 Å². The Hall–Kier alpha value is -0.460. The monoisotopic (exact) mass is 298 g/mol. The summed E-state index contributed by atoms with van der Waals surface area (Å²) in [5.41, 5.74) is -0.147. The van der Waals surface area contributed by atoms with Crippen LogP contribution in [0.15, 0.2) is 0 Å². The van der Waals surface area contributed by atoms with Crippen molar-refractivity contribution in [2.45, 2.75) is 50.8 Å². The van der Waals surface area contributed by atoms with Crippen LogP contribution in [0, 0.1) is 5.41 Å². The molecule has 3 atom stereocenters. The minimum Gasteiger partial charge on any atom is -0.381 e. The number of rotatable bonds is 3. The van der Waals surface area contributed by atoms with Crippen LogP contribution in [0.25, 0.3) is 0 Å². The third-order valence-electron chi connectivity index (χ3n) is 4.21. The number of halogens is 3. The van der Waals surface area contributed by atoms with Gasteiger partial charge in [-0.05, 0) is 6.42 Å². The second-order valence-electron chi connectivity index (χ2n) is 5.84. The Morgan fingerprint density at radius 3 is 2.47 bits per heavy atom. The number of ether oxygens (including phenoxy) is 1. The molecule has 7 heteroatoms. The summed E-state index contributed by atoms with van der Waals surface area (Å²) < 4.78 is 31.3. The second-order valence-corrected chi connectivity index (χ2v) is 5.84. The van der Waals surface area contributed by atoms with Gasteiger partial charge in [-0.2, -0.15) is 0 Å². The first-order chi connectivity index (χ1) is 8.26. The van der Waals surface area contributed by atoms with E-state index in [1.807, 2.05) is 13.8 Å². The maximum absolute atomic E-state index is 13.0. The van der Waals surface area contributed by atoms with Crippen LogP contribution < -0.4 is 10.6 Å². The molecule has 0 bridgehead atoms. The van der Waals surface area contributed by atoms with Gasteiger partial charge in [0.05, 0.1) is 18.7 Å².